The number of primary amides is 1. The second kappa shape index (κ2) is 17.8. The zero-order valence-corrected chi connectivity index (χ0v) is 18.3. The fourth-order valence-corrected chi connectivity index (χ4v) is 3.37. The molecule has 0 aromatic heterocycles. The molecule has 0 saturated heterocycles. The number of thioether (sulfide) groups is 1. The van der Waals surface area contributed by atoms with Gasteiger partial charge in [-0.1, -0.05) is 52.3 Å². The number of nitrogens with zero attached hydrogens (tertiary/aromatic N) is 1. The van der Waals surface area contributed by atoms with Gasteiger partial charge in [0.05, 0.1) is 0 Å². The predicted octanol–water partition coefficient (Wildman–Crippen LogP) is 3.17. The first-order valence-electron chi connectivity index (χ1n) is 9.71. The van der Waals surface area contributed by atoms with E-state index in [-0.39, 0.29) is 17.6 Å². The summed E-state index contributed by atoms with van der Waals surface area (Å²) in [6, 6.07) is 0. The minimum atomic E-state index is -0.426. The molecule has 1 saturated carbocycles. The van der Waals surface area contributed by atoms with E-state index in [0.29, 0.717) is 31.0 Å². The first kappa shape index (κ1) is 27.6. The van der Waals surface area contributed by atoms with Crippen molar-refractivity contribution in [3.8, 4) is 0 Å². The minimum absolute atomic E-state index is 0.134. The summed E-state index contributed by atoms with van der Waals surface area (Å²) in [7, 11) is 1.56. The molecule has 0 unspecified atom stereocenters. The monoisotopic (exact) mass is 403 g/mol. The van der Waals surface area contributed by atoms with Crippen molar-refractivity contribution >= 4 is 35.2 Å². The number of carbonyl (C=O) groups is 4. The summed E-state index contributed by atoms with van der Waals surface area (Å²) >= 11 is 1.01. The van der Waals surface area contributed by atoms with Crippen LogP contribution in [-0.2, 0) is 14.4 Å². The van der Waals surface area contributed by atoms with Crippen LogP contribution in [-0.4, -0.2) is 47.7 Å². The molecule has 27 heavy (non-hydrogen) atoms. The van der Waals surface area contributed by atoms with E-state index in [1.165, 1.54) is 17.7 Å². The van der Waals surface area contributed by atoms with Crippen LogP contribution in [0.15, 0.2) is 0 Å². The maximum Gasteiger partial charge on any atom is 0.288 e. The van der Waals surface area contributed by atoms with Gasteiger partial charge in [-0.05, 0) is 24.7 Å². The number of amides is 4. The van der Waals surface area contributed by atoms with E-state index < -0.39 is 5.91 Å². The van der Waals surface area contributed by atoms with Crippen molar-refractivity contribution in [1.82, 2.24) is 10.2 Å². The summed E-state index contributed by atoms with van der Waals surface area (Å²) in [6.45, 7) is 8.53. The maximum atomic E-state index is 12.2. The van der Waals surface area contributed by atoms with E-state index in [1.807, 2.05) is 13.8 Å². The van der Waals surface area contributed by atoms with Crippen molar-refractivity contribution in [2.45, 2.75) is 66.2 Å². The Kier molecular flexibility index (Phi) is 18.3. The lowest BCUT2D eigenvalue weighted by molar-refractivity contribution is -0.128. The summed E-state index contributed by atoms with van der Waals surface area (Å²) in [4.78, 5) is 45.3. The number of nitrogens with two attached hydrogens (primary N) is 1. The van der Waals surface area contributed by atoms with Crippen LogP contribution in [0.2, 0.25) is 0 Å². The number of carbonyl (C=O) groups excluding carboxylic acids is 4. The van der Waals surface area contributed by atoms with Crippen LogP contribution in [0.4, 0.5) is 4.79 Å². The lowest BCUT2D eigenvalue weighted by atomic mass is 9.83. The van der Waals surface area contributed by atoms with Gasteiger partial charge in [-0.15, -0.1) is 0 Å². The summed E-state index contributed by atoms with van der Waals surface area (Å²) in [5, 5.41) is 2.00. The van der Waals surface area contributed by atoms with Crippen LogP contribution in [0, 0.1) is 11.8 Å². The van der Waals surface area contributed by atoms with Crippen LogP contribution >= 0.6 is 11.8 Å². The molecule has 158 valence electrons. The molecule has 3 N–H and O–H groups in total. The van der Waals surface area contributed by atoms with Crippen LogP contribution < -0.4 is 11.1 Å². The number of hydrogen-bond acceptors (Lipinski definition) is 5. The van der Waals surface area contributed by atoms with Gasteiger partial charge in [0, 0.05) is 32.2 Å². The van der Waals surface area contributed by atoms with Gasteiger partial charge in [0.15, 0.2) is 0 Å². The molecule has 1 aliphatic rings. The highest BCUT2D eigenvalue weighted by molar-refractivity contribution is 8.13. The van der Waals surface area contributed by atoms with Crippen molar-refractivity contribution in [3.63, 3.8) is 0 Å². The number of rotatable bonds is 7. The summed E-state index contributed by atoms with van der Waals surface area (Å²) < 4.78 is 0. The number of nitrogens with one attached hydrogen (secondary N) is 1. The topological polar surface area (TPSA) is 110 Å². The molecule has 0 aromatic rings. The maximum absolute atomic E-state index is 12.2. The van der Waals surface area contributed by atoms with Gasteiger partial charge in [0.2, 0.25) is 18.2 Å². The highest BCUT2D eigenvalue weighted by atomic mass is 32.2. The molecule has 4 amide bonds. The Labute approximate surface area is 168 Å². The zero-order valence-electron chi connectivity index (χ0n) is 17.5. The largest absolute Gasteiger partial charge is 0.370 e. The zero-order chi connectivity index (χ0) is 21.2. The highest BCUT2D eigenvalue weighted by Crippen LogP contribution is 2.29. The lowest BCUT2D eigenvalue weighted by Crippen LogP contribution is -2.38. The van der Waals surface area contributed by atoms with Gasteiger partial charge in [0.1, 0.15) is 0 Å². The van der Waals surface area contributed by atoms with Gasteiger partial charge in [-0.3, -0.25) is 24.1 Å². The fraction of sp³-hybridized carbons (Fsp3) is 0.789. The third-order valence-corrected chi connectivity index (χ3v) is 4.97. The van der Waals surface area contributed by atoms with Crippen molar-refractivity contribution in [3.05, 3.63) is 0 Å². The van der Waals surface area contributed by atoms with Crippen molar-refractivity contribution in [2.24, 2.45) is 17.6 Å². The van der Waals surface area contributed by atoms with E-state index in [0.717, 1.165) is 30.5 Å². The van der Waals surface area contributed by atoms with Crippen molar-refractivity contribution in [2.75, 3.05) is 19.3 Å². The highest BCUT2D eigenvalue weighted by Gasteiger charge is 2.26. The van der Waals surface area contributed by atoms with Crippen molar-refractivity contribution < 1.29 is 19.2 Å². The molecule has 1 fully saturated rings. The quantitative estimate of drug-likeness (QED) is 0.635. The second-order valence-electron chi connectivity index (χ2n) is 6.22. The summed E-state index contributed by atoms with van der Waals surface area (Å²) in [5.41, 5.74) is 5.06. The van der Waals surface area contributed by atoms with Crippen LogP contribution in [0.5, 0.6) is 0 Å². The van der Waals surface area contributed by atoms with Gasteiger partial charge in [-0.2, -0.15) is 0 Å². The van der Waals surface area contributed by atoms with Gasteiger partial charge >= 0.3 is 0 Å². The molecule has 0 bridgehead atoms. The van der Waals surface area contributed by atoms with Crippen LogP contribution in [0.1, 0.15) is 66.2 Å². The average molecular weight is 404 g/mol. The Morgan fingerprint density at radius 1 is 1.19 bits per heavy atom. The lowest BCUT2D eigenvalue weighted by Gasteiger charge is -2.30. The smallest absolute Gasteiger partial charge is 0.288 e. The van der Waals surface area contributed by atoms with Crippen LogP contribution in [0.25, 0.3) is 0 Å². The molecule has 0 radical (unpaired) electrons. The van der Waals surface area contributed by atoms with Gasteiger partial charge < -0.3 is 11.1 Å². The van der Waals surface area contributed by atoms with E-state index >= 15 is 0 Å². The second-order valence-corrected chi connectivity index (χ2v) is 7.27. The predicted molar refractivity (Wildman–Crippen MR) is 111 cm³/mol. The normalized spacial score (nSPS) is 18.0. The third-order valence-electron chi connectivity index (χ3n) is 4.09. The number of imide groups is 1. The Morgan fingerprint density at radius 2 is 1.70 bits per heavy atom. The first-order chi connectivity index (χ1) is 12.8. The molecule has 0 aromatic carbocycles. The minimum Gasteiger partial charge on any atom is -0.370 e. The molecular formula is C19H37N3O4S. The Bertz CT molecular complexity index is 439. The molecule has 7 nitrogen and oxygen atoms in total. The third kappa shape index (κ3) is 14.2. The average Bonchev–Trinajstić information content (AvgIpc) is 2.68. The molecule has 0 aliphatic heterocycles. The van der Waals surface area contributed by atoms with Gasteiger partial charge in [0.25, 0.3) is 5.24 Å². The number of hydrogen-bond donors (Lipinski definition) is 2. The van der Waals surface area contributed by atoms with E-state index in [9.17, 15) is 14.4 Å². The van der Waals surface area contributed by atoms with Crippen molar-refractivity contribution in [1.29, 1.82) is 0 Å². The summed E-state index contributed by atoms with van der Waals surface area (Å²) in [6.07, 6.45) is 5.60. The van der Waals surface area contributed by atoms with E-state index in [1.54, 1.807) is 14.0 Å². The molecule has 1 aliphatic carbocycles. The molecule has 8 heteroatoms. The molecule has 0 heterocycles. The standard InChI is InChI=1S/C15H26N2O3S.C2H5NO.C2H6/c1-3-14(19)17(15(20)21-9-8-13(16)18)10-12-6-4-11(2)5-7-12;1-3-2-4;1-2/h11-12H,3-10H2,1-2H3,(H2,16,18);2H,1H3,(H,3,4);1-2H3. The van der Waals surface area contributed by atoms with Crippen LogP contribution in [0.3, 0.4) is 0 Å². The first-order valence-corrected chi connectivity index (χ1v) is 10.7. The van der Waals surface area contributed by atoms with E-state index in [4.69, 9.17) is 10.5 Å². The Balaban J connectivity index is 0. The summed E-state index contributed by atoms with van der Waals surface area (Å²) in [5.74, 6) is 0.938. The Hall–Kier alpha value is -1.57. The SMILES string of the molecule is CC.CCC(=O)N(CC1CCC(C)CC1)C(=O)SCCC(N)=O.CNC=O. The Morgan fingerprint density at radius 3 is 2.11 bits per heavy atom. The molecule has 0 spiro atoms. The molecule has 0 atom stereocenters. The molecular weight excluding hydrogens is 366 g/mol. The fourth-order valence-electron chi connectivity index (χ4n) is 2.56. The van der Waals surface area contributed by atoms with Gasteiger partial charge in [-0.25, -0.2) is 0 Å². The van der Waals surface area contributed by atoms with E-state index in [2.05, 4.69) is 12.2 Å². The molecule has 1 rings (SSSR count).